The number of benzene rings is 1. The summed E-state index contributed by atoms with van der Waals surface area (Å²) in [6.45, 7) is 0.768. The van der Waals surface area contributed by atoms with Crippen molar-refractivity contribution in [3.63, 3.8) is 0 Å². The average Bonchev–Trinajstić information content (AvgIpc) is 3.25. The molecule has 0 unspecified atom stereocenters. The van der Waals surface area contributed by atoms with Gasteiger partial charge in [0.15, 0.2) is 5.82 Å². The van der Waals surface area contributed by atoms with Crippen molar-refractivity contribution < 1.29 is 9.53 Å². The number of aromatic nitrogens is 3. The summed E-state index contributed by atoms with van der Waals surface area (Å²) in [7, 11) is 3.31. The Morgan fingerprint density at radius 3 is 2.62 bits per heavy atom. The summed E-state index contributed by atoms with van der Waals surface area (Å²) < 4.78 is 8.07. The second kappa shape index (κ2) is 8.21. The quantitative estimate of drug-likeness (QED) is 0.821. The van der Waals surface area contributed by atoms with Gasteiger partial charge in [-0.15, -0.1) is 5.10 Å². The highest BCUT2D eigenvalue weighted by Gasteiger charge is 2.18. The molecule has 1 aromatic carbocycles. The molecule has 0 radical (unpaired) electrons. The van der Waals surface area contributed by atoms with Crippen molar-refractivity contribution in [2.75, 3.05) is 13.7 Å². The zero-order valence-corrected chi connectivity index (χ0v) is 15.4. The van der Waals surface area contributed by atoms with Crippen molar-refractivity contribution in [2.45, 2.75) is 38.6 Å². The lowest BCUT2D eigenvalue weighted by Crippen LogP contribution is -2.32. The third-order valence-corrected chi connectivity index (χ3v) is 4.98. The second-order valence-electron chi connectivity index (χ2n) is 6.82. The van der Waals surface area contributed by atoms with E-state index in [9.17, 15) is 9.59 Å². The number of hydrogen-bond donors (Lipinski definition) is 1. The van der Waals surface area contributed by atoms with Crippen LogP contribution in [0.3, 0.4) is 0 Å². The van der Waals surface area contributed by atoms with Crippen LogP contribution in [0, 0.1) is 5.92 Å². The molecule has 0 aliphatic heterocycles. The number of carbonyl (C=O) groups is 1. The first kappa shape index (κ1) is 18.2. The summed E-state index contributed by atoms with van der Waals surface area (Å²) in [5.74, 6) is 1.93. The fourth-order valence-corrected chi connectivity index (χ4v) is 3.48. The first-order valence-corrected chi connectivity index (χ1v) is 9.13. The number of methoxy groups -OCH3 is 1. The smallest absolute Gasteiger partial charge is 0.345 e. The van der Waals surface area contributed by atoms with Gasteiger partial charge in [0.1, 0.15) is 5.75 Å². The normalized spacial score (nSPS) is 14.5. The number of rotatable bonds is 7. The van der Waals surface area contributed by atoms with Crippen LogP contribution in [0.25, 0.3) is 11.4 Å². The Balaban J connectivity index is 1.59. The molecule has 1 heterocycles. The first-order valence-electron chi connectivity index (χ1n) is 9.13. The third-order valence-electron chi connectivity index (χ3n) is 4.98. The van der Waals surface area contributed by atoms with E-state index in [1.165, 1.54) is 22.1 Å². The zero-order chi connectivity index (χ0) is 18.5. The number of amides is 1. The maximum atomic E-state index is 12.4. The SMILES string of the molecule is COc1ccc(-c2nn(CCNC(=O)CC3CCCC3)c(=O)n2C)cc1. The molecule has 1 saturated carbocycles. The number of nitrogens with one attached hydrogen (secondary N) is 1. The average molecular weight is 358 g/mol. The number of carbonyl (C=O) groups excluding carboxylic acids is 1. The lowest BCUT2D eigenvalue weighted by molar-refractivity contribution is -0.122. The lowest BCUT2D eigenvalue weighted by Gasteiger charge is -2.09. The van der Waals surface area contributed by atoms with E-state index in [-0.39, 0.29) is 11.6 Å². The van der Waals surface area contributed by atoms with Crippen LogP contribution in [0.4, 0.5) is 0 Å². The largest absolute Gasteiger partial charge is 0.497 e. The Kier molecular flexibility index (Phi) is 5.75. The van der Waals surface area contributed by atoms with Crippen LogP contribution < -0.4 is 15.7 Å². The number of hydrogen-bond acceptors (Lipinski definition) is 4. The zero-order valence-electron chi connectivity index (χ0n) is 15.4. The number of nitrogens with zero attached hydrogens (tertiary/aromatic N) is 3. The lowest BCUT2D eigenvalue weighted by atomic mass is 10.0. The van der Waals surface area contributed by atoms with E-state index in [2.05, 4.69) is 10.4 Å². The molecule has 7 nitrogen and oxygen atoms in total. The molecule has 1 N–H and O–H groups in total. The highest BCUT2D eigenvalue weighted by molar-refractivity contribution is 5.76. The highest BCUT2D eigenvalue weighted by atomic mass is 16.5. The predicted octanol–water partition coefficient (Wildman–Crippen LogP) is 1.95. The van der Waals surface area contributed by atoms with Crippen LogP contribution in [0.1, 0.15) is 32.1 Å². The number of ether oxygens (including phenoxy) is 1. The molecule has 0 bridgehead atoms. The van der Waals surface area contributed by atoms with E-state index in [1.807, 2.05) is 24.3 Å². The van der Waals surface area contributed by atoms with Gasteiger partial charge in [-0.25, -0.2) is 9.48 Å². The maximum absolute atomic E-state index is 12.4. The van der Waals surface area contributed by atoms with Gasteiger partial charge >= 0.3 is 5.69 Å². The fourth-order valence-electron chi connectivity index (χ4n) is 3.48. The molecule has 1 aliphatic rings. The van der Waals surface area contributed by atoms with Crippen molar-refractivity contribution >= 4 is 5.91 Å². The van der Waals surface area contributed by atoms with Gasteiger partial charge in [-0.2, -0.15) is 0 Å². The van der Waals surface area contributed by atoms with E-state index in [4.69, 9.17) is 4.74 Å². The van der Waals surface area contributed by atoms with Crippen LogP contribution in [0.2, 0.25) is 0 Å². The van der Waals surface area contributed by atoms with E-state index in [0.29, 0.717) is 31.3 Å². The summed E-state index contributed by atoms with van der Waals surface area (Å²) in [5, 5.41) is 7.31. The Bertz CT molecular complexity index is 801. The van der Waals surface area contributed by atoms with Gasteiger partial charge in [-0.1, -0.05) is 12.8 Å². The fraction of sp³-hybridized carbons (Fsp3) is 0.526. The van der Waals surface area contributed by atoms with Crippen molar-refractivity contribution in [3.05, 3.63) is 34.7 Å². The summed E-state index contributed by atoms with van der Waals surface area (Å²) in [6.07, 6.45) is 5.36. The Morgan fingerprint density at radius 1 is 1.27 bits per heavy atom. The van der Waals surface area contributed by atoms with E-state index in [1.54, 1.807) is 14.2 Å². The third kappa shape index (κ3) is 4.15. The molecular formula is C19H26N4O3. The van der Waals surface area contributed by atoms with Crippen LogP contribution in [0.15, 0.2) is 29.1 Å². The van der Waals surface area contributed by atoms with Crippen molar-refractivity contribution in [1.29, 1.82) is 0 Å². The molecular weight excluding hydrogens is 332 g/mol. The summed E-state index contributed by atoms with van der Waals surface area (Å²) in [6, 6.07) is 7.41. The monoisotopic (exact) mass is 358 g/mol. The summed E-state index contributed by atoms with van der Waals surface area (Å²) in [4.78, 5) is 24.4. The van der Waals surface area contributed by atoms with E-state index < -0.39 is 0 Å². The molecule has 1 amide bonds. The van der Waals surface area contributed by atoms with Crippen LogP contribution >= 0.6 is 0 Å². The van der Waals surface area contributed by atoms with Crippen LogP contribution in [0.5, 0.6) is 5.75 Å². The highest BCUT2D eigenvalue weighted by Crippen LogP contribution is 2.27. The topological polar surface area (TPSA) is 78.2 Å². The van der Waals surface area contributed by atoms with Gasteiger partial charge in [0.05, 0.1) is 13.7 Å². The molecule has 2 aromatic rings. The molecule has 0 spiro atoms. The molecule has 140 valence electrons. The Morgan fingerprint density at radius 2 is 1.96 bits per heavy atom. The second-order valence-corrected chi connectivity index (χ2v) is 6.82. The van der Waals surface area contributed by atoms with Crippen molar-refractivity contribution in [2.24, 2.45) is 13.0 Å². The molecule has 0 saturated heterocycles. The van der Waals surface area contributed by atoms with Gasteiger partial charge in [0.2, 0.25) is 5.91 Å². The van der Waals surface area contributed by atoms with Gasteiger partial charge in [0.25, 0.3) is 0 Å². The summed E-state index contributed by atoms with van der Waals surface area (Å²) >= 11 is 0. The minimum Gasteiger partial charge on any atom is -0.497 e. The van der Waals surface area contributed by atoms with Gasteiger partial charge in [0, 0.05) is 25.6 Å². The molecule has 1 fully saturated rings. The predicted molar refractivity (Wildman–Crippen MR) is 99.0 cm³/mol. The minimum absolute atomic E-state index is 0.0660. The molecule has 7 heteroatoms. The Hall–Kier alpha value is -2.57. The Labute approximate surface area is 153 Å². The van der Waals surface area contributed by atoms with Gasteiger partial charge < -0.3 is 10.1 Å². The molecule has 0 atom stereocenters. The van der Waals surface area contributed by atoms with Crippen LogP contribution in [-0.2, 0) is 18.4 Å². The van der Waals surface area contributed by atoms with Gasteiger partial charge in [-0.3, -0.25) is 9.36 Å². The molecule has 26 heavy (non-hydrogen) atoms. The molecule has 3 rings (SSSR count). The van der Waals surface area contributed by atoms with E-state index >= 15 is 0 Å². The van der Waals surface area contributed by atoms with Crippen molar-refractivity contribution in [3.8, 4) is 17.1 Å². The molecule has 1 aromatic heterocycles. The maximum Gasteiger partial charge on any atom is 0.345 e. The van der Waals surface area contributed by atoms with E-state index in [0.717, 1.165) is 24.2 Å². The summed E-state index contributed by atoms with van der Waals surface area (Å²) in [5.41, 5.74) is 0.648. The minimum atomic E-state index is -0.194. The van der Waals surface area contributed by atoms with Crippen molar-refractivity contribution in [1.82, 2.24) is 19.7 Å². The van der Waals surface area contributed by atoms with Gasteiger partial charge in [-0.05, 0) is 43.0 Å². The standard InChI is InChI=1S/C19H26N4O3/c1-22-18(15-7-9-16(26-2)10-8-15)21-23(19(22)25)12-11-20-17(24)13-14-5-3-4-6-14/h7-10,14H,3-6,11-13H2,1-2H3,(H,20,24). The first-order chi connectivity index (χ1) is 12.6. The molecule has 1 aliphatic carbocycles. The van der Waals surface area contributed by atoms with Crippen LogP contribution in [-0.4, -0.2) is 33.9 Å².